The van der Waals surface area contributed by atoms with Gasteiger partial charge in [0, 0.05) is 16.6 Å². The zero-order valence-corrected chi connectivity index (χ0v) is 10.3. The van der Waals surface area contributed by atoms with Crippen molar-refractivity contribution in [1.29, 1.82) is 0 Å². The van der Waals surface area contributed by atoms with Crippen molar-refractivity contribution >= 4 is 34.4 Å². The van der Waals surface area contributed by atoms with Gasteiger partial charge in [0.15, 0.2) is 0 Å². The van der Waals surface area contributed by atoms with Gasteiger partial charge in [-0.15, -0.1) is 11.3 Å². The summed E-state index contributed by atoms with van der Waals surface area (Å²) in [6.07, 6.45) is 0. The molecule has 0 atom stereocenters. The Hall–Kier alpha value is -1.33. The summed E-state index contributed by atoms with van der Waals surface area (Å²) in [4.78, 5) is 9.47. The summed E-state index contributed by atoms with van der Waals surface area (Å²) in [5, 5.41) is 3.56. The highest BCUT2D eigenvalue weighted by atomic mass is 35.5. The van der Waals surface area contributed by atoms with Crippen LogP contribution >= 0.6 is 22.9 Å². The van der Waals surface area contributed by atoms with Gasteiger partial charge in [-0.1, -0.05) is 11.6 Å². The molecule has 0 radical (unpaired) electrons. The van der Waals surface area contributed by atoms with Crippen LogP contribution in [0.3, 0.4) is 0 Å². The molecule has 0 saturated carbocycles. The number of hydrogen-bond donors (Lipinski definition) is 2. The van der Waals surface area contributed by atoms with E-state index in [9.17, 15) is 0 Å². The van der Waals surface area contributed by atoms with Crippen molar-refractivity contribution in [2.45, 2.75) is 13.5 Å². The number of rotatable bonds is 3. The largest absolute Gasteiger partial charge is 0.399 e. The maximum Gasteiger partial charge on any atom is 0.133 e. The zero-order chi connectivity index (χ0) is 11.5. The van der Waals surface area contributed by atoms with Gasteiger partial charge < -0.3 is 11.1 Å². The number of nitrogen functional groups attached to an aromatic ring is 1. The summed E-state index contributed by atoms with van der Waals surface area (Å²) in [5.41, 5.74) is 9.12. The molecule has 16 heavy (non-hydrogen) atoms. The van der Waals surface area contributed by atoms with Crippen molar-refractivity contribution < 1.29 is 0 Å². The number of anilines is 2. The smallest absolute Gasteiger partial charge is 0.133 e. The van der Waals surface area contributed by atoms with E-state index in [1.54, 1.807) is 23.5 Å². The van der Waals surface area contributed by atoms with E-state index in [4.69, 9.17) is 17.3 Å². The standard InChI is InChI=1S/C10H11ClN4S/c1-6-8(16-5-14-6)4-13-10-3-7(12)2-9(11)15-10/h2-3,5H,4H2,1H3,(H3,12,13,15). The third-order valence-corrected chi connectivity index (χ3v) is 3.22. The van der Waals surface area contributed by atoms with Crippen LogP contribution in [0, 0.1) is 6.92 Å². The van der Waals surface area contributed by atoms with E-state index >= 15 is 0 Å². The van der Waals surface area contributed by atoms with Gasteiger partial charge in [0.2, 0.25) is 0 Å². The topological polar surface area (TPSA) is 63.8 Å². The lowest BCUT2D eigenvalue weighted by Crippen LogP contribution is -2.02. The molecule has 2 rings (SSSR count). The molecule has 0 spiro atoms. The molecule has 2 heterocycles. The summed E-state index contributed by atoms with van der Waals surface area (Å²) in [6, 6.07) is 3.37. The number of aryl methyl sites for hydroxylation is 1. The van der Waals surface area contributed by atoms with Crippen molar-refractivity contribution in [2.75, 3.05) is 11.1 Å². The van der Waals surface area contributed by atoms with Gasteiger partial charge in [-0.25, -0.2) is 9.97 Å². The number of nitrogens with one attached hydrogen (secondary N) is 1. The summed E-state index contributed by atoms with van der Waals surface area (Å²) < 4.78 is 0. The Bertz CT molecular complexity index is 477. The molecule has 0 aromatic carbocycles. The van der Waals surface area contributed by atoms with Crippen LogP contribution < -0.4 is 11.1 Å². The van der Waals surface area contributed by atoms with Gasteiger partial charge in [-0.05, 0) is 13.0 Å². The van der Waals surface area contributed by atoms with Crippen LogP contribution in [-0.4, -0.2) is 9.97 Å². The number of aromatic nitrogens is 2. The highest BCUT2D eigenvalue weighted by Gasteiger charge is 2.03. The van der Waals surface area contributed by atoms with E-state index in [2.05, 4.69) is 15.3 Å². The minimum Gasteiger partial charge on any atom is -0.399 e. The van der Waals surface area contributed by atoms with E-state index in [0.29, 0.717) is 23.2 Å². The first-order valence-electron chi connectivity index (χ1n) is 4.71. The minimum absolute atomic E-state index is 0.392. The Morgan fingerprint density at radius 3 is 2.94 bits per heavy atom. The average molecular weight is 255 g/mol. The molecule has 4 nitrogen and oxygen atoms in total. The predicted octanol–water partition coefficient (Wildman–Crippen LogP) is 2.69. The number of nitrogens with two attached hydrogens (primary N) is 1. The molecule has 0 saturated heterocycles. The molecule has 0 bridgehead atoms. The number of halogens is 1. The molecule has 0 amide bonds. The fourth-order valence-corrected chi connectivity index (χ4v) is 2.21. The van der Waals surface area contributed by atoms with Gasteiger partial charge >= 0.3 is 0 Å². The maximum atomic E-state index is 5.80. The van der Waals surface area contributed by atoms with Gasteiger partial charge in [0.1, 0.15) is 11.0 Å². The van der Waals surface area contributed by atoms with Crippen molar-refractivity contribution in [3.63, 3.8) is 0 Å². The van der Waals surface area contributed by atoms with Crippen LogP contribution in [0.15, 0.2) is 17.6 Å². The Balaban J connectivity index is 2.07. The summed E-state index contributed by atoms with van der Waals surface area (Å²) in [6.45, 7) is 2.66. The molecule has 84 valence electrons. The molecular formula is C10H11ClN4S. The van der Waals surface area contributed by atoms with Crippen molar-refractivity contribution in [3.05, 3.63) is 33.4 Å². The first-order chi connectivity index (χ1) is 7.65. The van der Waals surface area contributed by atoms with Crippen LogP contribution in [0.25, 0.3) is 0 Å². The highest BCUT2D eigenvalue weighted by Crippen LogP contribution is 2.18. The first-order valence-corrected chi connectivity index (χ1v) is 5.97. The molecule has 2 aromatic rings. The number of thiazole rings is 1. The van der Waals surface area contributed by atoms with Crippen LogP contribution in [-0.2, 0) is 6.54 Å². The quantitative estimate of drug-likeness (QED) is 0.827. The number of hydrogen-bond acceptors (Lipinski definition) is 5. The Kier molecular flexibility index (Phi) is 3.26. The lowest BCUT2D eigenvalue weighted by atomic mass is 10.3. The molecule has 6 heteroatoms. The second kappa shape index (κ2) is 4.67. The van der Waals surface area contributed by atoms with E-state index in [-0.39, 0.29) is 0 Å². The lowest BCUT2D eigenvalue weighted by Gasteiger charge is -2.05. The lowest BCUT2D eigenvalue weighted by molar-refractivity contribution is 1.10. The summed E-state index contributed by atoms with van der Waals surface area (Å²) in [5.74, 6) is 0.679. The second-order valence-corrected chi connectivity index (χ2v) is 4.65. The fraction of sp³-hybridized carbons (Fsp3) is 0.200. The fourth-order valence-electron chi connectivity index (χ4n) is 1.27. The summed E-state index contributed by atoms with van der Waals surface area (Å²) in [7, 11) is 0. The van der Waals surface area contributed by atoms with Crippen LogP contribution in [0.2, 0.25) is 5.15 Å². The first kappa shape index (κ1) is 11.2. The van der Waals surface area contributed by atoms with Crippen LogP contribution in [0.5, 0.6) is 0 Å². The number of pyridine rings is 1. The third kappa shape index (κ3) is 2.62. The highest BCUT2D eigenvalue weighted by molar-refractivity contribution is 7.09. The normalized spacial score (nSPS) is 10.4. The molecule has 0 aliphatic rings. The van der Waals surface area contributed by atoms with E-state index < -0.39 is 0 Å². The zero-order valence-electron chi connectivity index (χ0n) is 8.70. The van der Waals surface area contributed by atoms with Crippen LogP contribution in [0.4, 0.5) is 11.5 Å². The van der Waals surface area contributed by atoms with E-state index in [1.165, 1.54) is 4.88 Å². The molecule has 2 aromatic heterocycles. The molecule has 0 aliphatic heterocycles. The molecule has 3 N–H and O–H groups in total. The van der Waals surface area contributed by atoms with Crippen molar-refractivity contribution in [1.82, 2.24) is 9.97 Å². The monoisotopic (exact) mass is 254 g/mol. The average Bonchev–Trinajstić information content (AvgIpc) is 2.59. The van der Waals surface area contributed by atoms with Crippen molar-refractivity contribution in [2.24, 2.45) is 0 Å². The molecular weight excluding hydrogens is 244 g/mol. The van der Waals surface area contributed by atoms with Crippen LogP contribution in [0.1, 0.15) is 10.6 Å². The minimum atomic E-state index is 0.392. The van der Waals surface area contributed by atoms with Gasteiger partial charge in [-0.2, -0.15) is 0 Å². The van der Waals surface area contributed by atoms with Gasteiger partial charge in [0.05, 0.1) is 17.7 Å². The summed E-state index contributed by atoms with van der Waals surface area (Å²) >= 11 is 7.41. The second-order valence-electron chi connectivity index (χ2n) is 3.32. The Morgan fingerprint density at radius 1 is 1.50 bits per heavy atom. The molecule has 0 fully saturated rings. The SMILES string of the molecule is Cc1ncsc1CNc1cc(N)cc(Cl)n1. The van der Waals surface area contributed by atoms with E-state index in [1.807, 2.05) is 12.4 Å². The number of nitrogens with zero attached hydrogens (tertiary/aromatic N) is 2. The maximum absolute atomic E-state index is 5.80. The van der Waals surface area contributed by atoms with E-state index in [0.717, 1.165) is 5.69 Å². The van der Waals surface area contributed by atoms with Gasteiger partial charge in [-0.3, -0.25) is 0 Å². The van der Waals surface area contributed by atoms with Gasteiger partial charge in [0.25, 0.3) is 0 Å². The van der Waals surface area contributed by atoms with Crippen molar-refractivity contribution in [3.8, 4) is 0 Å². The Morgan fingerprint density at radius 2 is 2.31 bits per heavy atom. The predicted molar refractivity (Wildman–Crippen MR) is 67.8 cm³/mol. The molecule has 0 unspecified atom stereocenters. The molecule has 0 aliphatic carbocycles. The third-order valence-electron chi connectivity index (χ3n) is 2.09. The Labute approximate surface area is 102 Å².